The average Bonchev–Trinajstić information content (AvgIpc) is 2.71. The van der Waals surface area contributed by atoms with E-state index in [1.165, 1.54) is 0 Å². The van der Waals surface area contributed by atoms with Gasteiger partial charge in [0.1, 0.15) is 5.75 Å². The number of carbonyl (C=O) groups is 1. The van der Waals surface area contributed by atoms with Crippen molar-refractivity contribution in [1.82, 2.24) is 0 Å². The van der Waals surface area contributed by atoms with E-state index in [9.17, 15) is 4.79 Å². The van der Waals surface area contributed by atoms with Gasteiger partial charge in [0.05, 0.1) is 12.2 Å². The van der Waals surface area contributed by atoms with Crippen LogP contribution in [0.1, 0.15) is 45.0 Å². The molecule has 2 nitrogen and oxygen atoms in total. The number of rotatable bonds is 4. The fraction of sp³-hybridized carbons (Fsp3) is 0.562. The van der Waals surface area contributed by atoms with Gasteiger partial charge in [0.15, 0.2) is 5.78 Å². The number of halogens is 1. The molecule has 2 rings (SSSR count). The van der Waals surface area contributed by atoms with Crippen LogP contribution in [0.15, 0.2) is 22.7 Å². The van der Waals surface area contributed by atoms with Gasteiger partial charge in [-0.1, -0.05) is 43.6 Å². The van der Waals surface area contributed by atoms with Crippen LogP contribution in [0.25, 0.3) is 0 Å². The third-order valence-electron chi connectivity index (χ3n) is 4.79. The number of carbonyl (C=O) groups excluding carboxylic acids is 1. The van der Waals surface area contributed by atoms with Crippen molar-refractivity contribution in [3.05, 3.63) is 28.2 Å². The molecule has 0 spiro atoms. The summed E-state index contributed by atoms with van der Waals surface area (Å²) >= 11 is 3.43. The van der Waals surface area contributed by atoms with Gasteiger partial charge in [-0.05, 0) is 36.0 Å². The third kappa shape index (κ3) is 2.22. The second-order valence-electron chi connectivity index (χ2n) is 6.31. The number of hydrogen-bond acceptors (Lipinski definition) is 2. The lowest BCUT2D eigenvalue weighted by Gasteiger charge is -2.10. The molecule has 1 aliphatic rings. The van der Waals surface area contributed by atoms with Crippen molar-refractivity contribution in [1.29, 1.82) is 0 Å². The number of benzene rings is 1. The Balaban J connectivity index is 2.38. The van der Waals surface area contributed by atoms with E-state index in [0.29, 0.717) is 17.9 Å². The van der Waals surface area contributed by atoms with Gasteiger partial charge in [-0.25, -0.2) is 0 Å². The zero-order chi connectivity index (χ0) is 14.4. The molecule has 19 heavy (non-hydrogen) atoms. The normalized spacial score (nSPS) is 20.1. The Morgan fingerprint density at radius 3 is 2.32 bits per heavy atom. The van der Waals surface area contributed by atoms with Crippen LogP contribution in [0, 0.1) is 16.7 Å². The molecular formula is C16H21BrO2. The summed E-state index contributed by atoms with van der Waals surface area (Å²) in [6, 6.07) is 5.64. The molecule has 1 aromatic carbocycles. The molecule has 0 saturated heterocycles. The van der Waals surface area contributed by atoms with E-state index in [4.69, 9.17) is 4.74 Å². The summed E-state index contributed by atoms with van der Waals surface area (Å²) in [4.78, 5) is 12.8. The minimum atomic E-state index is 0.0515. The predicted molar refractivity (Wildman–Crippen MR) is 80.7 cm³/mol. The Labute approximate surface area is 123 Å². The minimum absolute atomic E-state index is 0.0515. The van der Waals surface area contributed by atoms with Crippen LogP contribution in [0.5, 0.6) is 5.75 Å². The highest BCUT2D eigenvalue weighted by molar-refractivity contribution is 9.10. The summed E-state index contributed by atoms with van der Waals surface area (Å²) < 4.78 is 6.50. The first-order valence-electron chi connectivity index (χ1n) is 6.70. The van der Waals surface area contributed by atoms with Gasteiger partial charge in [-0.3, -0.25) is 4.79 Å². The Morgan fingerprint density at radius 2 is 1.84 bits per heavy atom. The maximum atomic E-state index is 12.8. The summed E-state index contributed by atoms with van der Waals surface area (Å²) in [7, 11) is 0. The maximum Gasteiger partial charge on any atom is 0.170 e. The van der Waals surface area contributed by atoms with Gasteiger partial charge in [0, 0.05) is 10.4 Å². The number of Topliss-reactive ketones (excluding diaryl/α,β-unsaturated/α-hetero) is 1. The van der Waals surface area contributed by atoms with Crippen LogP contribution in [-0.4, -0.2) is 12.4 Å². The Bertz CT molecular complexity index is 503. The molecule has 0 atom stereocenters. The van der Waals surface area contributed by atoms with Gasteiger partial charge in [0.2, 0.25) is 0 Å². The first-order chi connectivity index (χ1) is 8.73. The predicted octanol–water partition coefficient (Wildman–Crippen LogP) is 4.71. The summed E-state index contributed by atoms with van der Waals surface area (Å²) in [5.74, 6) is 0.947. The molecule has 3 heteroatoms. The highest BCUT2D eigenvalue weighted by atomic mass is 79.9. The van der Waals surface area contributed by atoms with Gasteiger partial charge < -0.3 is 4.74 Å². The summed E-state index contributed by atoms with van der Waals surface area (Å²) in [6.45, 7) is 11.1. The smallest absolute Gasteiger partial charge is 0.170 e. The van der Waals surface area contributed by atoms with E-state index in [2.05, 4.69) is 43.6 Å². The van der Waals surface area contributed by atoms with E-state index in [0.717, 1.165) is 4.47 Å². The topological polar surface area (TPSA) is 26.3 Å². The van der Waals surface area contributed by atoms with Crippen LogP contribution in [0.2, 0.25) is 0 Å². The molecule has 1 aromatic rings. The fourth-order valence-corrected chi connectivity index (χ4v) is 3.34. The van der Waals surface area contributed by atoms with Crippen molar-refractivity contribution in [2.75, 3.05) is 6.61 Å². The van der Waals surface area contributed by atoms with Crippen molar-refractivity contribution in [3.63, 3.8) is 0 Å². The van der Waals surface area contributed by atoms with Crippen LogP contribution >= 0.6 is 15.9 Å². The fourth-order valence-electron chi connectivity index (χ4n) is 2.98. The van der Waals surface area contributed by atoms with Crippen molar-refractivity contribution in [3.8, 4) is 5.75 Å². The van der Waals surface area contributed by atoms with Crippen LogP contribution in [0.3, 0.4) is 0 Å². The maximum absolute atomic E-state index is 12.8. The van der Waals surface area contributed by atoms with E-state index in [-0.39, 0.29) is 22.5 Å². The minimum Gasteiger partial charge on any atom is -0.493 e. The number of ether oxygens (including phenoxy) is 1. The zero-order valence-corrected chi connectivity index (χ0v) is 13.8. The van der Waals surface area contributed by atoms with Crippen molar-refractivity contribution < 1.29 is 9.53 Å². The van der Waals surface area contributed by atoms with Gasteiger partial charge >= 0.3 is 0 Å². The molecule has 0 aliphatic heterocycles. The van der Waals surface area contributed by atoms with Crippen molar-refractivity contribution >= 4 is 21.7 Å². The third-order valence-corrected chi connectivity index (χ3v) is 5.28. The highest BCUT2D eigenvalue weighted by Gasteiger charge is 2.68. The Hall–Kier alpha value is -0.830. The quantitative estimate of drug-likeness (QED) is 0.749. The zero-order valence-electron chi connectivity index (χ0n) is 12.2. The first kappa shape index (κ1) is 14.6. The van der Waals surface area contributed by atoms with Crippen LogP contribution in [0.4, 0.5) is 0 Å². The second kappa shape index (κ2) is 4.62. The molecule has 0 radical (unpaired) electrons. The highest BCUT2D eigenvalue weighted by Crippen LogP contribution is 2.69. The first-order valence-corrected chi connectivity index (χ1v) is 7.49. The van der Waals surface area contributed by atoms with E-state index in [1.54, 1.807) is 0 Å². The van der Waals surface area contributed by atoms with E-state index < -0.39 is 0 Å². The largest absolute Gasteiger partial charge is 0.493 e. The molecule has 0 amide bonds. The standard InChI is InChI=1S/C16H21BrO2/c1-6-19-12-8-7-10(17)9-11(12)13(18)14-15(2,3)16(14,4)5/h7-9,14H,6H2,1-5H3. The van der Waals surface area contributed by atoms with Crippen LogP contribution < -0.4 is 4.74 Å². The number of hydrogen-bond donors (Lipinski definition) is 0. The van der Waals surface area contributed by atoms with Gasteiger partial charge in [0.25, 0.3) is 0 Å². The van der Waals surface area contributed by atoms with Crippen LogP contribution in [-0.2, 0) is 0 Å². The van der Waals surface area contributed by atoms with E-state index in [1.807, 2.05) is 25.1 Å². The molecule has 0 unspecified atom stereocenters. The van der Waals surface area contributed by atoms with Crippen molar-refractivity contribution in [2.45, 2.75) is 34.6 Å². The van der Waals surface area contributed by atoms with Gasteiger partial charge in [-0.2, -0.15) is 0 Å². The molecular weight excluding hydrogens is 304 g/mol. The monoisotopic (exact) mass is 324 g/mol. The second-order valence-corrected chi connectivity index (χ2v) is 7.23. The van der Waals surface area contributed by atoms with Gasteiger partial charge in [-0.15, -0.1) is 0 Å². The van der Waals surface area contributed by atoms with E-state index >= 15 is 0 Å². The SMILES string of the molecule is CCOc1ccc(Br)cc1C(=O)C1C(C)(C)C1(C)C. The van der Waals surface area contributed by atoms with Crippen molar-refractivity contribution in [2.24, 2.45) is 16.7 Å². The lowest BCUT2D eigenvalue weighted by atomic mass is 10.0. The summed E-state index contributed by atoms with van der Waals surface area (Å²) in [5, 5.41) is 0. The average molecular weight is 325 g/mol. The summed E-state index contributed by atoms with van der Waals surface area (Å²) in [5.41, 5.74) is 0.797. The number of ketones is 1. The molecule has 1 saturated carbocycles. The lowest BCUT2D eigenvalue weighted by molar-refractivity contribution is 0.0941. The Morgan fingerprint density at radius 1 is 1.26 bits per heavy atom. The molecule has 0 aromatic heterocycles. The lowest BCUT2D eigenvalue weighted by Crippen LogP contribution is -2.10. The molecule has 0 bridgehead atoms. The Kier molecular flexibility index (Phi) is 3.54. The molecule has 0 N–H and O–H groups in total. The molecule has 0 heterocycles. The molecule has 104 valence electrons. The molecule has 1 fully saturated rings. The molecule has 1 aliphatic carbocycles. The summed E-state index contributed by atoms with van der Waals surface area (Å²) in [6.07, 6.45) is 0.